The van der Waals surface area contributed by atoms with E-state index < -0.39 is 5.41 Å². The average Bonchev–Trinajstić information content (AvgIpc) is 2.71. The quantitative estimate of drug-likeness (QED) is 0.475. The molecule has 2 aromatic carbocycles. The van der Waals surface area contributed by atoms with Crippen molar-refractivity contribution in [1.82, 2.24) is 0 Å². The van der Waals surface area contributed by atoms with Gasteiger partial charge in [-0.3, -0.25) is 9.59 Å². The van der Waals surface area contributed by atoms with Gasteiger partial charge in [0.05, 0.1) is 14.2 Å². The van der Waals surface area contributed by atoms with Crippen LogP contribution in [0.5, 0.6) is 11.5 Å². The van der Waals surface area contributed by atoms with Crippen molar-refractivity contribution in [2.45, 2.75) is 34.1 Å². The summed E-state index contributed by atoms with van der Waals surface area (Å²) < 4.78 is 10.6. The molecular weight excluding hydrogens is 366 g/mol. The van der Waals surface area contributed by atoms with E-state index >= 15 is 0 Å². The molecule has 0 spiro atoms. The summed E-state index contributed by atoms with van der Waals surface area (Å²) in [6, 6.07) is 12.8. The molecule has 0 fully saturated rings. The number of nitrogens with zero attached hydrogens (tertiary/aromatic N) is 1. The number of methoxy groups -OCH3 is 2. The smallest absolute Gasteiger partial charge is 0.240 e. The fourth-order valence-electron chi connectivity index (χ4n) is 3.29. The number of rotatable bonds is 8. The summed E-state index contributed by atoms with van der Waals surface area (Å²) in [5, 5.41) is 0. The van der Waals surface area contributed by atoms with Crippen molar-refractivity contribution >= 4 is 17.4 Å². The van der Waals surface area contributed by atoms with Crippen molar-refractivity contribution in [1.29, 1.82) is 0 Å². The highest BCUT2D eigenvalue weighted by Crippen LogP contribution is 2.33. The Balaban J connectivity index is 2.24. The molecule has 0 atom stereocenters. The second-order valence-electron chi connectivity index (χ2n) is 8.15. The van der Waals surface area contributed by atoms with Gasteiger partial charge in [0.1, 0.15) is 5.41 Å². The molecule has 5 heteroatoms. The highest BCUT2D eigenvalue weighted by molar-refractivity contribution is 6.17. The summed E-state index contributed by atoms with van der Waals surface area (Å²) in [6.45, 7) is 7.64. The van der Waals surface area contributed by atoms with Crippen LogP contribution in [-0.2, 0) is 11.2 Å². The lowest BCUT2D eigenvalue weighted by Gasteiger charge is -2.29. The van der Waals surface area contributed by atoms with Crippen LogP contribution in [0.3, 0.4) is 0 Å². The number of benzene rings is 2. The van der Waals surface area contributed by atoms with E-state index in [9.17, 15) is 9.59 Å². The normalized spacial score (nSPS) is 11.3. The number of amides is 1. The monoisotopic (exact) mass is 397 g/mol. The van der Waals surface area contributed by atoms with E-state index in [-0.39, 0.29) is 11.7 Å². The van der Waals surface area contributed by atoms with Gasteiger partial charge in [0.15, 0.2) is 17.3 Å². The average molecular weight is 398 g/mol. The Morgan fingerprint density at radius 2 is 1.55 bits per heavy atom. The molecule has 0 radical (unpaired) electrons. The van der Waals surface area contributed by atoms with E-state index in [4.69, 9.17) is 9.47 Å². The molecule has 0 bridgehead atoms. The number of carbonyl (C=O) groups excluding carboxylic acids is 2. The Bertz CT molecular complexity index is 869. The molecule has 2 aromatic rings. The molecule has 1 amide bonds. The molecule has 0 saturated carbocycles. The molecule has 29 heavy (non-hydrogen) atoms. The molecule has 0 aliphatic rings. The molecule has 0 heterocycles. The Morgan fingerprint density at radius 1 is 0.966 bits per heavy atom. The second kappa shape index (κ2) is 9.12. The van der Waals surface area contributed by atoms with Crippen molar-refractivity contribution in [3.05, 3.63) is 53.6 Å². The third kappa shape index (κ3) is 4.97. The van der Waals surface area contributed by atoms with Crippen LogP contribution < -0.4 is 14.4 Å². The fourth-order valence-corrected chi connectivity index (χ4v) is 3.29. The van der Waals surface area contributed by atoms with Crippen LogP contribution in [0, 0.1) is 11.3 Å². The van der Waals surface area contributed by atoms with Crippen molar-refractivity contribution in [3.8, 4) is 11.5 Å². The number of ether oxygens (including phenoxy) is 2. The van der Waals surface area contributed by atoms with Gasteiger partial charge in [0.25, 0.3) is 0 Å². The maximum Gasteiger partial charge on any atom is 0.240 e. The van der Waals surface area contributed by atoms with Crippen LogP contribution >= 0.6 is 0 Å². The molecule has 0 N–H and O–H groups in total. The number of hydrogen-bond acceptors (Lipinski definition) is 4. The van der Waals surface area contributed by atoms with Gasteiger partial charge in [0, 0.05) is 24.4 Å². The number of carbonyl (C=O) groups is 2. The second-order valence-corrected chi connectivity index (χ2v) is 8.15. The van der Waals surface area contributed by atoms with Gasteiger partial charge in [-0.1, -0.05) is 38.1 Å². The third-order valence-electron chi connectivity index (χ3n) is 5.02. The lowest BCUT2D eigenvalue weighted by atomic mass is 9.82. The van der Waals surface area contributed by atoms with Crippen molar-refractivity contribution < 1.29 is 19.1 Å². The molecule has 156 valence electrons. The van der Waals surface area contributed by atoms with Gasteiger partial charge < -0.3 is 14.4 Å². The van der Waals surface area contributed by atoms with Crippen LogP contribution in [0.25, 0.3) is 0 Å². The highest BCUT2D eigenvalue weighted by atomic mass is 16.5. The van der Waals surface area contributed by atoms with Crippen molar-refractivity contribution in [2.24, 2.45) is 11.3 Å². The Morgan fingerprint density at radius 3 is 2.07 bits per heavy atom. The van der Waals surface area contributed by atoms with Gasteiger partial charge >= 0.3 is 0 Å². The third-order valence-corrected chi connectivity index (χ3v) is 5.02. The lowest BCUT2D eigenvalue weighted by molar-refractivity contribution is -0.124. The molecular formula is C24H31NO4. The van der Waals surface area contributed by atoms with E-state index in [2.05, 4.69) is 13.8 Å². The lowest BCUT2D eigenvalue weighted by Crippen LogP contribution is -2.43. The zero-order valence-electron chi connectivity index (χ0n) is 18.4. The van der Waals surface area contributed by atoms with E-state index in [0.29, 0.717) is 28.7 Å². The number of hydrogen-bond donors (Lipinski definition) is 0. The maximum atomic E-state index is 13.2. The van der Waals surface area contributed by atoms with Crippen LogP contribution in [0.1, 0.15) is 43.6 Å². The standard InChI is InChI=1S/C24H31NO4/c1-16(2)14-17-8-10-18(11-9-17)22(26)24(3,4)23(27)25(5)19-12-13-20(28-6)21(15-19)29-7/h8-13,15-16H,14H2,1-7H3. The van der Waals surface area contributed by atoms with E-state index in [0.717, 1.165) is 6.42 Å². The fraction of sp³-hybridized carbons (Fsp3) is 0.417. The van der Waals surface area contributed by atoms with Gasteiger partial charge in [-0.15, -0.1) is 0 Å². The number of ketones is 1. The summed E-state index contributed by atoms with van der Waals surface area (Å²) in [7, 11) is 4.75. The van der Waals surface area contributed by atoms with Crippen LogP contribution in [0.4, 0.5) is 5.69 Å². The van der Waals surface area contributed by atoms with Crippen molar-refractivity contribution in [2.75, 3.05) is 26.2 Å². The van der Waals surface area contributed by atoms with Gasteiger partial charge in [0.2, 0.25) is 5.91 Å². The largest absolute Gasteiger partial charge is 0.493 e. The molecule has 0 unspecified atom stereocenters. The van der Waals surface area contributed by atoms with E-state index in [1.807, 2.05) is 24.3 Å². The van der Waals surface area contributed by atoms with E-state index in [1.54, 1.807) is 53.3 Å². The first kappa shape index (κ1) is 22.5. The number of anilines is 1. The first-order valence-electron chi connectivity index (χ1n) is 9.75. The Labute approximate surface area is 173 Å². The zero-order chi connectivity index (χ0) is 21.8. The topological polar surface area (TPSA) is 55.8 Å². The summed E-state index contributed by atoms with van der Waals surface area (Å²) in [6.07, 6.45) is 0.957. The molecule has 2 rings (SSSR count). The van der Waals surface area contributed by atoms with Gasteiger partial charge in [-0.2, -0.15) is 0 Å². The molecule has 0 aliphatic heterocycles. The minimum atomic E-state index is -1.21. The predicted octanol–water partition coefficient (Wildman–Crippen LogP) is 4.77. The highest BCUT2D eigenvalue weighted by Gasteiger charge is 2.39. The summed E-state index contributed by atoms with van der Waals surface area (Å²) in [4.78, 5) is 27.8. The molecule has 0 aliphatic carbocycles. The molecule has 5 nitrogen and oxygen atoms in total. The first-order chi connectivity index (χ1) is 13.6. The molecule has 0 aromatic heterocycles. The summed E-state index contributed by atoms with van der Waals surface area (Å²) in [5.41, 5.74) is 1.14. The van der Waals surface area contributed by atoms with Crippen molar-refractivity contribution in [3.63, 3.8) is 0 Å². The Kier molecular flexibility index (Phi) is 7.07. The van der Waals surface area contributed by atoms with Gasteiger partial charge in [-0.05, 0) is 43.9 Å². The minimum absolute atomic E-state index is 0.203. The zero-order valence-corrected chi connectivity index (χ0v) is 18.4. The maximum absolute atomic E-state index is 13.2. The molecule has 0 saturated heterocycles. The number of Topliss-reactive ketones (excluding diaryl/α,β-unsaturated/α-hetero) is 1. The van der Waals surface area contributed by atoms with Crippen LogP contribution in [0.2, 0.25) is 0 Å². The van der Waals surface area contributed by atoms with Gasteiger partial charge in [-0.25, -0.2) is 0 Å². The summed E-state index contributed by atoms with van der Waals surface area (Å²) >= 11 is 0. The summed E-state index contributed by atoms with van der Waals surface area (Å²) in [5.74, 6) is 1.15. The predicted molar refractivity (Wildman–Crippen MR) is 116 cm³/mol. The minimum Gasteiger partial charge on any atom is -0.493 e. The SMILES string of the molecule is COc1ccc(N(C)C(=O)C(C)(C)C(=O)c2ccc(CC(C)C)cc2)cc1OC. The first-order valence-corrected chi connectivity index (χ1v) is 9.75. The van der Waals surface area contributed by atoms with Crippen LogP contribution in [0.15, 0.2) is 42.5 Å². The Hall–Kier alpha value is -2.82. The van der Waals surface area contributed by atoms with Crippen LogP contribution in [-0.4, -0.2) is 33.0 Å². The van der Waals surface area contributed by atoms with E-state index in [1.165, 1.54) is 10.5 Å².